The highest BCUT2D eigenvalue weighted by molar-refractivity contribution is 6.30. The van der Waals surface area contributed by atoms with Crippen molar-refractivity contribution >= 4 is 28.5 Å². The molecule has 3 aromatic rings. The number of carbonyl (C=O) groups is 1. The Morgan fingerprint density at radius 2 is 1.50 bits per heavy atom. The Hall–Kier alpha value is -2.86. The van der Waals surface area contributed by atoms with Gasteiger partial charge in [-0.2, -0.15) is 0 Å². The summed E-state index contributed by atoms with van der Waals surface area (Å²) < 4.78 is 2.78. The molecule has 7 heteroatoms. The van der Waals surface area contributed by atoms with Crippen LogP contribution in [-0.4, -0.2) is 33.0 Å². The van der Waals surface area contributed by atoms with Crippen LogP contribution in [0.4, 0.5) is 0 Å². The van der Waals surface area contributed by atoms with Gasteiger partial charge in [0.2, 0.25) is 5.91 Å². The minimum absolute atomic E-state index is 0.120. The number of hydrogen-bond acceptors (Lipinski definition) is 3. The van der Waals surface area contributed by atoms with Gasteiger partial charge in [0, 0.05) is 18.1 Å². The number of nitrogens with zero attached hydrogens (tertiary/aromatic N) is 3. The minimum Gasteiger partial charge on any atom is -0.341 e. The number of carbonyl (C=O) groups excluding carboxylic acids is 1. The van der Waals surface area contributed by atoms with Crippen LogP contribution in [0.5, 0.6) is 0 Å². The normalized spacial score (nSPS) is 14.9. The summed E-state index contributed by atoms with van der Waals surface area (Å²) in [6, 6.07) is 14.4. The molecule has 1 amide bonds. The number of aromatic nitrogens is 2. The van der Waals surface area contributed by atoms with Gasteiger partial charge in [0.1, 0.15) is 6.54 Å². The van der Waals surface area contributed by atoms with Gasteiger partial charge in [0.05, 0.1) is 17.6 Å². The highest BCUT2D eigenvalue weighted by Crippen LogP contribution is 2.18. The predicted molar refractivity (Wildman–Crippen MR) is 118 cm³/mol. The molecule has 1 fully saturated rings. The van der Waals surface area contributed by atoms with Crippen molar-refractivity contribution < 1.29 is 4.79 Å². The monoisotopic (exact) mass is 425 g/mol. The molecule has 1 aliphatic heterocycles. The van der Waals surface area contributed by atoms with Crippen LogP contribution >= 0.6 is 11.6 Å². The average molecular weight is 426 g/mol. The number of piperidine rings is 1. The fourth-order valence-corrected chi connectivity index (χ4v) is 4.08. The molecule has 6 nitrogen and oxygen atoms in total. The van der Waals surface area contributed by atoms with Gasteiger partial charge in [0.15, 0.2) is 0 Å². The number of benzene rings is 2. The van der Waals surface area contributed by atoms with E-state index in [9.17, 15) is 14.4 Å². The number of amides is 1. The molecule has 2 aromatic carbocycles. The molecule has 0 bridgehead atoms. The van der Waals surface area contributed by atoms with Crippen LogP contribution in [0, 0.1) is 5.92 Å². The second-order valence-corrected chi connectivity index (χ2v) is 8.40. The minimum atomic E-state index is -0.679. The van der Waals surface area contributed by atoms with Crippen LogP contribution in [0.25, 0.3) is 11.0 Å². The van der Waals surface area contributed by atoms with Crippen LogP contribution in [-0.2, 0) is 17.9 Å². The lowest BCUT2D eigenvalue weighted by molar-refractivity contribution is -0.133. The molecular formula is C23H24ClN3O3. The number of para-hydroxylation sites is 2. The van der Waals surface area contributed by atoms with Crippen LogP contribution in [0.15, 0.2) is 58.1 Å². The molecule has 4 rings (SSSR count). The molecule has 1 saturated heterocycles. The van der Waals surface area contributed by atoms with Crippen LogP contribution in [0.2, 0.25) is 5.02 Å². The maximum absolute atomic E-state index is 13.0. The molecule has 156 valence electrons. The number of halogens is 1. The molecule has 1 aromatic heterocycles. The van der Waals surface area contributed by atoms with Crippen LogP contribution in [0.3, 0.4) is 0 Å². The summed E-state index contributed by atoms with van der Waals surface area (Å²) in [7, 11) is 0. The first-order chi connectivity index (χ1) is 14.4. The van der Waals surface area contributed by atoms with E-state index in [1.165, 1.54) is 9.13 Å². The zero-order valence-corrected chi connectivity index (χ0v) is 17.6. The Bertz CT molecular complexity index is 1190. The van der Waals surface area contributed by atoms with Crippen molar-refractivity contribution in [1.29, 1.82) is 0 Å². The van der Waals surface area contributed by atoms with Crippen molar-refractivity contribution in [3.05, 3.63) is 79.8 Å². The Morgan fingerprint density at radius 3 is 2.13 bits per heavy atom. The van der Waals surface area contributed by atoms with Gasteiger partial charge in [0.25, 0.3) is 0 Å². The Morgan fingerprint density at radius 1 is 0.933 bits per heavy atom. The zero-order valence-electron chi connectivity index (χ0n) is 16.9. The predicted octanol–water partition coefficient (Wildman–Crippen LogP) is 3.12. The van der Waals surface area contributed by atoms with Crippen molar-refractivity contribution in [2.75, 3.05) is 13.1 Å². The largest absolute Gasteiger partial charge is 0.341 e. The number of hydrogen-bond donors (Lipinski definition) is 0. The summed E-state index contributed by atoms with van der Waals surface area (Å²) >= 11 is 5.95. The lowest BCUT2D eigenvalue weighted by atomic mass is 9.99. The van der Waals surface area contributed by atoms with Gasteiger partial charge in [-0.05, 0) is 48.6 Å². The quantitative estimate of drug-likeness (QED) is 0.603. The lowest BCUT2D eigenvalue weighted by Crippen LogP contribution is -2.46. The van der Waals surface area contributed by atoms with Crippen molar-refractivity contribution in [3.8, 4) is 0 Å². The fraction of sp³-hybridized carbons (Fsp3) is 0.348. The Kier molecular flexibility index (Phi) is 5.77. The molecule has 0 atom stereocenters. The Labute approximate surface area is 179 Å². The average Bonchev–Trinajstić information content (AvgIpc) is 2.76. The first-order valence-electron chi connectivity index (χ1n) is 10.2. The molecular weight excluding hydrogens is 402 g/mol. The first-order valence-corrected chi connectivity index (χ1v) is 10.6. The molecule has 0 N–H and O–H groups in total. The van der Waals surface area contributed by atoms with E-state index in [1.54, 1.807) is 29.2 Å². The number of likely N-dealkylation sites (tertiary alicyclic amines) is 1. The van der Waals surface area contributed by atoms with Crippen molar-refractivity contribution in [1.82, 2.24) is 14.0 Å². The van der Waals surface area contributed by atoms with Gasteiger partial charge in [-0.15, -0.1) is 0 Å². The summed E-state index contributed by atoms with van der Waals surface area (Å²) in [5.74, 6) is 0.485. The van der Waals surface area contributed by atoms with E-state index < -0.39 is 11.1 Å². The maximum atomic E-state index is 13.0. The maximum Gasteiger partial charge on any atom is 0.317 e. The molecule has 0 aliphatic carbocycles. The van der Waals surface area contributed by atoms with Crippen molar-refractivity contribution in [2.45, 2.75) is 32.9 Å². The summed E-state index contributed by atoms with van der Waals surface area (Å²) in [4.78, 5) is 40.5. The smallest absolute Gasteiger partial charge is 0.317 e. The van der Waals surface area contributed by atoms with E-state index in [1.807, 2.05) is 24.3 Å². The standard InChI is InChI=1S/C23H24ClN3O3/c1-16-10-12-25(13-11-16)21(28)15-27-20-5-3-2-4-19(20)26(22(29)23(27)30)14-17-6-8-18(24)9-7-17/h2-9,16H,10-15H2,1H3. The highest BCUT2D eigenvalue weighted by atomic mass is 35.5. The zero-order chi connectivity index (χ0) is 21.3. The molecule has 0 radical (unpaired) electrons. The van der Waals surface area contributed by atoms with Crippen molar-refractivity contribution in [3.63, 3.8) is 0 Å². The molecule has 0 spiro atoms. The third kappa shape index (κ3) is 4.05. The molecule has 2 heterocycles. The molecule has 0 saturated carbocycles. The SMILES string of the molecule is CC1CCN(C(=O)Cn2c(=O)c(=O)n(Cc3ccc(Cl)cc3)c3ccccc32)CC1. The lowest BCUT2D eigenvalue weighted by Gasteiger charge is -2.30. The topological polar surface area (TPSA) is 64.3 Å². The van der Waals surface area contributed by atoms with Gasteiger partial charge in [-0.3, -0.25) is 23.5 Å². The van der Waals surface area contributed by atoms with E-state index in [-0.39, 0.29) is 19.0 Å². The summed E-state index contributed by atoms with van der Waals surface area (Å²) in [5, 5.41) is 0.608. The van der Waals surface area contributed by atoms with Gasteiger partial charge in [-0.1, -0.05) is 42.8 Å². The van der Waals surface area contributed by atoms with Gasteiger partial charge in [-0.25, -0.2) is 0 Å². The molecule has 1 aliphatic rings. The second-order valence-electron chi connectivity index (χ2n) is 7.96. The summed E-state index contributed by atoms with van der Waals surface area (Å²) in [6.07, 6.45) is 1.92. The van der Waals surface area contributed by atoms with E-state index in [0.717, 1.165) is 18.4 Å². The van der Waals surface area contributed by atoms with E-state index in [0.29, 0.717) is 35.1 Å². The van der Waals surface area contributed by atoms with Gasteiger partial charge >= 0.3 is 11.1 Å². The third-order valence-electron chi connectivity index (χ3n) is 5.82. The summed E-state index contributed by atoms with van der Waals surface area (Å²) in [6.45, 7) is 3.70. The van der Waals surface area contributed by atoms with Crippen molar-refractivity contribution in [2.24, 2.45) is 5.92 Å². The summed E-state index contributed by atoms with van der Waals surface area (Å²) in [5.41, 5.74) is 0.749. The number of fused-ring (bicyclic) bond motifs is 1. The Balaban J connectivity index is 1.72. The van der Waals surface area contributed by atoms with Gasteiger partial charge < -0.3 is 4.90 Å². The van der Waals surface area contributed by atoms with Crippen LogP contribution in [0.1, 0.15) is 25.3 Å². The van der Waals surface area contributed by atoms with E-state index in [2.05, 4.69) is 6.92 Å². The van der Waals surface area contributed by atoms with E-state index in [4.69, 9.17) is 11.6 Å². The molecule has 30 heavy (non-hydrogen) atoms. The van der Waals surface area contributed by atoms with E-state index >= 15 is 0 Å². The second kappa shape index (κ2) is 8.48. The molecule has 0 unspecified atom stereocenters. The highest BCUT2D eigenvalue weighted by Gasteiger charge is 2.22. The third-order valence-corrected chi connectivity index (χ3v) is 6.07. The van der Waals surface area contributed by atoms with Crippen LogP contribution < -0.4 is 11.1 Å². The first kappa shape index (κ1) is 20.4. The fourth-order valence-electron chi connectivity index (χ4n) is 3.95. The number of rotatable bonds is 4.